The van der Waals surface area contributed by atoms with Gasteiger partial charge in [-0.3, -0.25) is 0 Å². The molecule has 0 amide bonds. The largest absolute Gasteiger partial charge is 0.485 e. The number of hydrogen-bond acceptors (Lipinski definition) is 1. The summed E-state index contributed by atoms with van der Waals surface area (Å²) in [5.41, 5.74) is 0.729. The Morgan fingerprint density at radius 2 is 1.80 bits per heavy atom. The number of rotatable bonds is 2. The van der Waals surface area contributed by atoms with E-state index in [0.717, 1.165) is 5.56 Å². The molecule has 0 saturated carbocycles. The van der Waals surface area contributed by atoms with Crippen molar-refractivity contribution in [2.75, 3.05) is 0 Å². The molecule has 0 aromatic heterocycles. The number of benzene rings is 1. The van der Waals surface area contributed by atoms with Gasteiger partial charge in [0.2, 0.25) is 0 Å². The van der Waals surface area contributed by atoms with Gasteiger partial charge in [0.1, 0.15) is 5.60 Å². The first-order chi connectivity index (χ1) is 6.79. The maximum absolute atomic E-state index is 13.4. The summed E-state index contributed by atoms with van der Waals surface area (Å²) in [6, 6.07) is 5.05. The van der Waals surface area contributed by atoms with Crippen LogP contribution in [0.15, 0.2) is 18.2 Å². The fourth-order valence-electron chi connectivity index (χ4n) is 1.29. The van der Waals surface area contributed by atoms with Crippen LogP contribution in [0.4, 0.5) is 4.39 Å². The van der Waals surface area contributed by atoms with E-state index in [-0.39, 0.29) is 11.4 Å². The lowest BCUT2D eigenvalue weighted by atomic mass is 10.0. The van der Waals surface area contributed by atoms with Gasteiger partial charge in [0, 0.05) is 0 Å². The molecule has 0 heterocycles. The second kappa shape index (κ2) is 4.21. The van der Waals surface area contributed by atoms with Crippen LogP contribution >= 0.6 is 0 Å². The van der Waals surface area contributed by atoms with Crippen LogP contribution in [0.3, 0.4) is 0 Å². The second-order valence-corrected chi connectivity index (χ2v) is 5.06. The predicted molar refractivity (Wildman–Crippen MR) is 60.9 cm³/mol. The molecule has 1 aromatic carbocycles. The molecule has 0 atom stereocenters. The monoisotopic (exact) mass is 210 g/mol. The smallest absolute Gasteiger partial charge is 0.165 e. The van der Waals surface area contributed by atoms with Gasteiger partial charge in [-0.1, -0.05) is 19.9 Å². The molecule has 0 radical (unpaired) electrons. The first-order valence-electron chi connectivity index (χ1n) is 5.28. The normalized spacial score (nSPS) is 11.9. The summed E-state index contributed by atoms with van der Waals surface area (Å²) in [6.45, 7) is 9.89. The maximum atomic E-state index is 13.4. The molecule has 84 valence electrons. The van der Waals surface area contributed by atoms with Crippen molar-refractivity contribution in [2.24, 2.45) is 0 Å². The van der Waals surface area contributed by atoms with Gasteiger partial charge >= 0.3 is 0 Å². The molecule has 0 spiro atoms. The van der Waals surface area contributed by atoms with Crippen LogP contribution in [0.5, 0.6) is 5.75 Å². The summed E-state index contributed by atoms with van der Waals surface area (Å²) in [6.07, 6.45) is 0. The third-order valence-electron chi connectivity index (χ3n) is 2.04. The fourth-order valence-corrected chi connectivity index (χ4v) is 1.29. The molecule has 15 heavy (non-hydrogen) atoms. The van der Waals surface area contributed by atoms with Crippen molar-refractivity contribution in [3.05, 3.63) is 29.6 Å². The zero-order valence-electron chi connectivity index (χ0n) is 10.1. The van der Waals surface area contributed by atoms with Crippen molar-refractivity contribution in [1.29, 1.82) is 0 Å². The van der Waals surface area contributed by atoms with Gasteiger partial charge in [-0.05, 0) is 44.4 Å². The fraction of sp³-hybridized carbons (Fsp3) is 0.538. The molecule has 0 saturated heterocycles. The van der Waals surface area contributed by atoms with E-state index in [0.29, 0.717) is 11.7 Å². The first-order valence-corrected chi connectivity index (χ1v) is 5.28. The lowest BCUT2D eigenvalue weighted by molar-refractivity contribution is 0.124. The summed E-state index contributed by atoms with van der Waals surface area (Å²) >= 11 is 0. The standard InChI is InChI=1S/C13H19FO/c1-9(2)10-6-7-11(14)12(8-10)15-13(3,4)5/h6-9H,1-5H3. The average Bonchev–Trinajstić information content (AvgIpc) is 2.06. The summed E-state index contributed by atoms with van der Waals surface area (Å²) in [4.78, 5) is 0. The Hall–Kier alpha value is -1.05. The molecular weight excluding hydrogens is 191 g/mol. The van der Waals surface area contributed by atoms with Crippen LogP contribution in [0.1, 0.15) is 46.1 Å². The predicted octanol–water partition coefficient (Wildman–Crippen LogP) is 4.13. The minimum absolute atomic E-state index is 0.297. The number of halogens is 1. The molecule has 1 rings (SSSR count). The molecular formula is C13H19FO. The molecule has 0 bridgehead atoms. The van der Waals surface area contributed by atoms with Gasteiger partial charge in [0.05, 0.1) is 0 Å². The Morgan fingerprint density at radius 3 is 2.27 bits per heavy atom. The minimum atomic E-state index is -0.365. The van der Waals surface area contributed by atoms with E-state index in [1.807, 2.05) is 20.8 Å². The van der Waals surface area contributed by atoms with Gasteiger partial charge < -0.3 is 4.74 Å². The summed E-state index contributed by atoms with van der Waals surface area (Å²) in [5.74, 6) is 0.427. The molecule has 0 N–H and O–H groups in total. The van der Waals surface area contributed by atoms with Crippen LogP contribution < -0.4 is 4.74 Å². The van der Waals surface area contributed by atoms with E-state index in [1.54, 1.807) is 12.1 Å². The molecule has 0 aliphatic rings. The Balaban J connectivity index is 3.01. The van der Waals surface area contributed by atoms with Crippen molar-refractivity contribution in [3.8, 4) is 5.75 Å². The first kappa shape index (κ1) is 12.0. The zero-order valence-corrected chi connectivity index (χ0v) is 10.1. The molecule has 0 aliphatic carbocycles. The maximum Gasteiger partial charge on any atom is 0.165 e. The summed E-state index contributed by atoms with van der Waals surface area (Å²) in [5, 5.41) is 0. The Bertz CT molecular complexity index is 337. The van der Waals surface area contributed by atoms with E-state index in [2.05, 4.69) is 13.8 Å². The van der Waals surface area contributed by atoms with Gasteiger partial charge in [-0.2, -0.15) is 0 Å². The van der Waals surface area contributed by atoms with E-state index in [4.69, 9.17) is 4.74 Å². The highest BCUT2D eigenvalue weighted by Crippen LogP contribution is 2.26. The highest BCUT2D eigenvalue weighted by atomic mass is 19.1. The van der Waals surface area contributed by atoms with Crippen molar-refractivity contribution in [2.45, 2.75) is 46.1 Å². The zero-order chi connectivity index (χ0) is 11.6. The van der Waals surface area contributed by atoms with Crippen molar-refractivity contribution in [3.63, 3.8) is 0 Å². The van der Waals surface area contributed by atoms with Gasteiger partial charge in [0.15, 0.2) is 11.6 Å². The Morgan fingerprint density at radius 1 is 1.20 bits per heavy atom. The van der Waals surface area contributed by atoms with Crippen molar-refractivity contribution >= 4 is 0 Å². The van der Waals surface area contributed by atoms with Crippen molar-refractivity contribution < 1.29 is 9.13 Å². The SMILES string of the molecule is CC(C)c1ccc(F)c(OC(C)(C)C)c1. The molecule has 0 fully saturated rings. The lowest BCUT2D eigenvalue weighted by Crippen LogP contribution is -2.23. The Labute approximate surface area is 91.3 Å². The van der Waals surface area contributed by atoms with Gasteiger partial charge in [0.25, 0.3) is 0 Å². The van der Waals surface area contributed by atoms with E-state index >= 15 is 0 Å². The highest BCUT2D eigenvalue weighted by Gasteiger charge is 2.15. The highest BCUT2D eigenvalue weighted by molar-refractivity contribution is 5.32. The molecule has 1 aromatic rings. The molecule has 0 unspecified atom stereocenters. The third-order valence-corrected chi connectivity index (χ3v) is 2.04. The summed E-state index contributed by atoms with van der Waals surface area (Å²) in [7, 11) is 0. The second-order valence-electron chi connectivity index (χ2n) is 5.06. The van der Waals surface area contributed by atoms with Crippen LogP contribution in [-0.4, -0.2) is 5.60 Å². The number of hydrogen-bond donors (Lipinski definition) is 0. The summed E-state index contributed by atoms with van der Waals surface area (Å²) < 4.78 is 19.0. The topological polar surface area (TPSA) is 9.23 Å². The van der Waals surface area contributed by atoms with Crippen molar-refractivity contribution in [1.82, 2.24) is 0 Å². The van der Waals surface area contributed by atoms with E-state index in [9.17, 15) is 4.39 Å². The van der Waals surface area contributed by atoms with E-state index < -0.39 is 0 Å². The molecule has 2 heteroatoms. The van der Waals surface area contributed by atoms with Crippen LogP contribution in [0.2, 0.25) is 0 Å². The van der Waals surface area contributed by atoms with Crippen LogP contribution in [0.25, 0.3) is 0 Å². The van der Waals surface area contributed by atoms with Gasteiger partial charge in [-0.15, -0.1) is 0 Å². The minimum Gasteiger partial charge on any atom is -0.485 e. The van der Waals surface area contributed by atoms with Crippen LogP contribution in [0, 0.1) is 5.82 Å². The quantitative estimate of drug-likeness (QED) is 0.713. The third kappa shape index (κ3) is 3.54. The Kier molecular flexibility index (Phi) is 3.38. The van der Waals surface area contributed by atoms with Gasteiger partial charge in [-0.25, -0.2) is 4.39 Å². The van der Waals surface area contributed by atoms with Crippen LogP contribution in [-0.2, 0) is 0 Å². The van der Waals surface area contributed by atoms with E-state index in [1.165, 1.54) is 6.07 Å². The lowest BCUT2D eigenvalue weighted by Gasteiger charge is -2.22. The average molecular weight is 210 g/mol. The number of ether oxygens (including phenoxy) is 1. The molecule has 1 nitrogen and oxygen atoms in total. The molecule has 0 aliphatic heterocycles.